The molecule has 2 atom stereocenters. The molecule has 2 unspecified atom stereocenters. The van der Waals surface area contributed by atoms with Crippen molar-refractivity contribution in [3.63, 3.8) is 0 Å². The average Bonchev–Trinajstić information content (AvgIpc) is 1.36. The van der Waals surface area contributed by atoms with Crippen molar-refractivity contribution >= 4 is 15.9 Å². The maximum Gasteiger partial charge on any atom is 0.0266 e. The Hall–Kier alpha value is 0.440. The summed E-state index contributed by atoms with van der Waals surface area (Å²) in [6, 6.07) is 0.269. The summed E-state index contributed by atoms with van der Waals surface area (Å²) in [5, 5.41) is 0. The molecule has 0 aliphatic rings. The fourth-order valence-electron chi connectivity index (χ4n) is 0. The van der Waals surface area contributed by atoms with Crippen LogP contribution in [0.5, 0.6) is 0 Å². The van der Waals surface area contributed by atoms with Gasteiger partial charge in [-0.2, -0.15) is 0 Å². The summed E-state index contributed by atoms with van der Waals surface area (Å²) in [6.07, 6.45) is 0. The van der Waals surface area contributed by atoms with Crippen LogP contribution in [0.4, 0.5) is 0 Å². The van der Waals surface area contributed by atoms with Crippen LogP contribution in [0.1, 0.15) is 13.8 Å². The van der Waals surface area contributed by atoms with Gasteiger partial charge in [-0.1, -0.05) is 22.9 Å². The molecule has 0 amide bonds. The van der Waals surface area contributed by atoms with Crippen LogP contribution in [0.15, 0.2) is 0 Å². The van der Waals surface area contributed by atoms with Gasteiger partial charge in [0.2, 0.25) is 0 Å². The summed E-state index contributed by atoms with van der Waals surface area (Å²) in [5.41, 5.74) is 5.39. The Kier molecular flexibility index (Phi) is 2.78. The number of rotatable bonds is 1. The van der Waals surface area contributed by atoms with Gasteiger partial charge >= 0.3 is 0 Å². The predicted molar refractivity (Wildman–Crippen MR) is 32.0 cm³/mol. The Morgan fingerprint density at radius 1 is 1.50 bits per heavy atom. The fraction of sp³-hybridized carbons (Fsp3) is 1.00. The van der Waals surface area contributed by atoms with Crippen LogP contribution in [0, 0.1) is 0 Å². The second-order valence-electron chi connectivity index (χ2n) is 1.54. The van der Waals surface area contributed by atoms with E-state index in [0.717, 1.165) is 0 Å². The third-order valence-corrected chi connectivity index (χ3v) is 1.56. The van der Waals surface area contributed by atoms with Crippen LogP contribution in [-0.4, -0.2) is 10.9 Å². The fourth-order valence-corrected chi connectivity index (χ4v) is 0. The third kappa shape index (κ3) is 2.67. The largest absolute Gasteiger partial charge is 0.327 e. The average molecular weight is 152 g/mol. The van der Waals surface area contributed by atoms with Gasteiger partial charge in [-0.15, -0.1) is 0 Å². The van der Waals surface area contributed by atoms with Gasteiger partial charge in [0.25, 0.3) is 0 Å². The Morgan fingerprint density at radius 3 is 1.67 bits per heavy atom. The maximum atomic E-state index is 5.39. The van der Waals surface area contributed by atoms with Crippen molar-refractivity contribution < 1.29 is 0 Å². The van der Waals surface area contributed by atoms with Crippen molar-refractivity contribution in [2.45, 2.75) is 24.7 Å². The molecular weight excluding hydrogens is 142 g/mol. The molecule has 0 aromatic carbocycles. The number of alkyl halides is 1. The van der Waals surface area contributed by atoms with Crippen molar-refractivity contribution in [2.24, 2.45) is 5.73 Å². The maximum absolute atomic E-state index is 5.39. The van der Waals surface area contributed by atoms with Crippen LogP contribution in [0.3, 0.4) is 0 Å². The van der Waals surface area contributed by atoms with Crippen molar-refractivity contribution in [3.8, 4) is 0 Å². The minimum atomic E-state index is 0.269. The molecule has 6 heavy (non-hydrogen) atoms. The molecular formula is C4H10BrN. The number of hydrogen-bond donors (Lipinski definition) is 1. The molecule has 0 radical (unpaired) electrons. The van der Waals surface area contributed by atoms with Gasteiger partial charge in [-0.25, -0.2) is 0 Å². The van der Waals surface area contributed by atoms with Crippen molar-refractivity contribution in [2.75, 3.05) is 0 Å². The molecule has 2 heteroatoms. The highest BCUT2D eigenvalue weighted by atomic mass is 79.9. The Labute approximate surface area is 47.0 Å². The van der Waals surface area contributed by atoms with E-state index >= 15 is 0 Å². The number of nitrogens with two attached hydrogens (primary N) is 1. The van der Waals surface area contributed by atoms with E-state index < -0.39 is 0 Å². The highest BCUT2D eigenvalue weighted by Gasteiger charge is 1.98. The lowest BCUT2D eigenvalue weighted by molar-refractivity contribution is 0.740. The number of halogens is 1. The van der Waals surface area contributed by atoms with Crippen molar-refractivity contribution in [1.82, 2.24) is 0 Å². The molecule has 38 valence electrons. The van der Waals surface area contributed by atoms with Crippen LogP contribution >= 0.6 is 15.9 Å². The van der Waals surface area contributed by atoms with Gasteiger partial charge in [0.15, 0.2) is 0 Å². The highest BCUT2D eigenvalue weighted by Crippen LogP contribution is 1.98. The van der Waals surface area contributed by atoms with E-state index in [0.29, 0.717) is 4.83 Å². The van der Waals surface area contributed by atoms with Gasteiger partial charge < -0.3 is 5.73 Å². The summed E-state index contributed by atoms with van der Waals surface area (Å²) in [5.74, 6) is 0. The van der Waals surface area contributed by atoms with E-state index in [1.165, 1.54) is 0 Å². The first-order valence-corrected chi connectivity index (χ1v) is 2.96. The zero-order chi connectivity index (χ0) is 5.15. The van der Waals surface area contributed by atoms with Gasteiger partial charge in [0.1, 0.15) is 0 Å². The third-order valence-electron chi connectivity index (χ3n) is 0.725. The molecule has 0 aromatic rings. The molecule has 0 aliphatic carbocycles. The Morgan fingerprint density at radius 2 is 1.67 bits per heavy atom. The van der Waals surface area contributed by atoms with Gasteiger partial charge in [-0.3, -0.25) is 0 Å². The number of hydrogen-bond acceptors (Lipinski definition) is 1. The molecule has 0 saturated carbocycles. The van der Waals surface area contributed by atoms with E-state index in [4.69, 9.17) is 5.73 Å². The molecule has 2 N–H and O–H groups in total. The first-order valence-electron chi connectivity index (χ1n) is 2.04. The van der Waals surface area contributed by atoms with Crippen molar-refractivity contribution in [1.29, 1.82) is 0 Å². The van der Waals surface area contributed by atoms with Crippen LogP contribution in [-0.2, 0) is 0 Å². The standard InChI is InChI=1S/C4H10BrN/c1-3(5)4(2)6/h3-4H,6H2,1-2H3. The van der Waals surface area contributed by atoms with Gasteiger partial charge in [0.05, 0.1) is 0 Å². The predicted octanol–water partition coefficient (Wildman–Crippen LogP) is 1.12. The lowest BCUT2D eigenvalue weighted by Gasteiger charge is -2.03. The second-order valence-corrected chi connectivity index (χ2v) is 2.98. The summed E-state index contributed by atoms with van der Waals surface area (Å²) in [4.78, 5) is 0.442. The zero-order valence-corrected chi connectivity index (χ0v) is 5.70. The molecule has 0 fully saturated rings. The molecule has 1 nitrogen and oxygen atoms in total. The SMILES string of the molecule is CC(N)C(C)Br. The first kappa shape index (κ1) is 6.44. The molecule has 0 aromatic heterocycles. The minimum absolute atomic E-state index is 0.269. The van der Waals surface area contributed by atoms with E-state index in [-0.39, 0.29) is 6.04 Å². The summed E-state index contributed by atoms with van der Waals surface area (Å²) < 4.78 is 0. The normalized spacial score (nSPS) is 20.0. The monoisotopic (exact) mass is 151 g/mol. The summed E-state index contributed by atoms with van der Waals surface area (Å²) in [7, 11) is 0. The molecule has 0 rings (SSSR count). The van der Waals surface area contributed by atoms with E-state index in [9.17, 15) is 0 Å². The molecule has 0 aliphatic heterocycles. The highest BCUT2D eigenvalue weighted by molar-refractivity contribution is 9.09. The molecule has 0 spiro atoms. The smallest absolute Gasteiger partial charge is 0.0266 e. The van der Waals surface area contributed by atoms with E-state index in [2.05, 4.69) is 15.9 Å². The van der Waals surface area contributed by atoms with Crippen LogP contribution < -0.4 is 5.73 Å². The summed E-state index contributed by atoms with van der Waals surface area (Å²) >= 11 is 3.31. The topological polar surface area (TPSA) is 26.0 Å². The molecule has 0 saturated heterocycles. The van der Waals surface area contributed by atoms with Gasteiger partial charge in [-0.05, 0) is 6.92 Å². The zero-order valence-electron chi connectivity index (χ0n) is 4.11. The Balaban J connectivity index is 2.99. The Bertz CT molecular complexity index is 28.5. The second kappa shape index (κ2) is 2.59. The van der Waals surface area contributed by atoms with E-state index in [1.54, 1.807) is 0 Å². The molecule has 0 heterocycles. The summed E-state index contributed by atoms with van der Waals surface area (Å²) in [6.45, 7) is 4.00. The van der Waals surface area contributed by atoms with Crippen molar-refractivity contribution in [3.05, 3.63) is 0 Å². The van der Waals surface area contributed by atoms with Gasteiger partial charge in [0, 0.05) is 10.9 Å². The lowest BCUT2D eigenvalue weighted by atomic mass is 10.3. The minimum Gasteiger partial charge on any atom is -0.327 e. The lowest BCUT2D eigenvalue weighted by Crippen LogP contribution is -2.23. The van der Waals surface area contributed by atoms with E-state index in [1.807, 2.05) is 13.8 Å². The van der Waals surface area contributed by atoms with Crippen LogP contribution in [0.25, 0.3) is 0 Å². The quantitative estimate of drug-likeness (QED) is 0.559. The van der Waals surface area contributed by atoms with Crippen LogP contribution in [0.2, 0.25) is 0 Å². The first-order chi connectivity index (χ1) is 2.64. The molecule has 0 bridgehead atoms.